The van der Waals surface area contributed by atoms with Gasteiger partial charge in [-0.15, -0.1) is 0 Å². The van der Waals surface area contributed by atoms with Crippen LogP contribution in [0.15, 0.2) is 60.9 Å². The lowest BCUT2D eigenvalue weighted by Gasteiger charge is -2.00. The van der Waals surface area contributed by atoms with E-state index in [1.54, 1.807) is 6.08 Å². The molecule has 0 bridgehead atoms. The van der Waals surface area contributed by atoms with E-state index in [-0.39, 0.29) is 5.91 Å². The molecule has 0 spiro atoms. The fourth-order valence-electron chi connectivity index (χ4n) is 2.33. The second-order valence-electron chi connectivity index (χ2n) is 5.48. The van der Waals surface area contributed by atoms with Crippen molar-refractivity contribution in [1.82, 2.24) is 14.7 Å². The third-order valence-corrected chi connectivity index (χ3v) is 3.60. The van der Waals surface area contributed by atoms with Gasteiger partial charge in [0.15, 0.2) is 0 Å². The number of carbonyl (C=O) groups is 1. The minimum Gasteiger partial charge on any atom is -0.352 e. The lowest BCUT2D eigenvalue weighted by molar-refractivity contribution is -0.116. The molecule has 116 valence electrons. The predicted octanol–water partition coefficient (Wildman–Crippen LogP) is 3.01. The van der Waals surface area contributed by atoms with Crippen LogP contribution in [0.1, 0.15) is 16.8 Å². The van der Waals surface area contributed by atoms with Crippen LogP contribution in [0.5, 0.6) is 0 Å². The highest BCUT2D eigenvalue weighted by Crippen LogP contribution is 2.05. The zero-order chi connectivity index (χ0) is 16.1. The number of amides is 1. The van der Waals surface area contributed by atoms with E-state index in [9.17, 15) is 4.79 Å². The lowest BCUT2D eigenvalue weighted by atomic mass is 10.1. The molecule has 4 heteroatoms. The maximum atomic E-state index is 11.8. The molecule has 2 aromatic heterocycles. The maximum absolute atomic E-state index is 11.8. The van der Waals surface area contributed by atoms with E-state index in [4.69, 9.17) is 0 Å². The highest BCUT2D eigenvalue weighted by Gasteiger charge is 2.01. The summed E-state index contributed by atoms with van der Waals surface area (Å²) in [5, 5.41) is 2.88. The summed E-state index contributed by atoms with van der Waals surface area (Å²) in [6.45, 7) is 2.61. The number of rotatable bonds is 5. The Labute approximate surface area is 135 Å². The lowest BCUT2D eigenvalue weighted by Crippen LogP contribution is -2.23. The van der Waals surface area contributed by atoms with Gasteiger partial charge >= 0.3 is 0 Å². The Kier molecular flexibility index (Phi) is 4.52. The van der Waals surface area contributed by atoms with E-state index in [0.717, 1.165) is 16.9 Å². The largest absolute Gasteiger partial charge is 0.352 e. The third kappa shape index (κ3) is 4.07. The molecule has 4 nitrogen and oxygen atoms in total. The van der Waals surface area contributed by atoms with E-state index in [2.05, 4.69) is 10.3 Å². The SMILES string of the molecule is Cc1ccc(/C=C/C(=O)NCCc2cn3ccccc3n2)cc1. The molecular weight excluding hydrogens is 286 g/mol. The number of aromatic nitrogens is 2. The van der Waals surface area contributed by atoms with E-state index < -0.39 is 0 Å². The molecule has 0 aliphatic rings. The summed E-state index contributed by atoms with van der Waals surface area (Å²) in [6, 6.07) is 13.9. The Morgan fingerprint density at radius 3 is 2.83 bits per heavy atom. The van der Waals surface area contributed by atoms with Crippen LogP contribution in [0.3, 0.4) is 0 Å². The Hall–Kier alpha value is -2.88. The monoisotopic (exact) mass is 305 g/mol. The third-order valence-electron chi connectivity index (χ3n) is 3.60. The summed E-state index contributed by atoms with van der Waals surface area (Å²) >= 11 is 0. The van der Waals surface area contributed by atoms with Gasteiger partial charge in [0, 0.05) is 31.4 Å². The van der Waals surface area contributed by atoms with Crippen LogP contribution in [0.25, 0.3) is 11.7 Å². The quantitative estimate of drug-likeness (QED) is 0.737. The second-order valence-corrected chi connectivity index (χ2v) is 5.48. The maximum Gasteiger partial charge on any atom is 0.244 e. The van der Waals surface area contributed by atoms with Crippen molar-refractivity contribution in [1.29, 1.82) is 0 Å². The number of carbonyl (C=O) groups excluding carboxylic acids is 1. The van der Waals surface area contributed by atoms with Crippen molar-refractivity contribution in [2.75, 3.05) is 6.54 Å². The first-order valence-electron chi connectivity index (χ1n) is 7.66. The van der Waals surface area contributed by atoms with Gasteiger partial charge in [-0.05, 0) is 30.7 Å². The molecule has 0 aliphatic carbocycles. The van der Waals surface area contributed by atoms with Crippen molar-refractivity contribution in [2.24, 2.45) is 0 Å². The van der Waals surface area contributed by atoms with E-state index in [0.29, 0.717) is 13.0 Å². The first-order valence-corrected chi connectivity index (χ1v) is 7.66. The molecule has 0 aliphatic heterocycles. The van der Waals surface area contributed by atoms with E-state index in [1.165, 1.54) is 5.56 Å². The zero-order valence-electron chi connectivity index (χ0n) is 13.1. The van der Waals surface area contributed by atoms with Gasteiger partial charge in [-0.1, -0.05) is 35.9 Å². The summed E-state index contributed by atoms with van der Waals surface area (Å²) in [5.74, 6) is -0.0886. The molecule has 0 radical (unpaired) electrons. The molecule has 0 saturated heterocycles. The van der Waals surface area contributed by atoms with Crippen molar-refractivity contribution in [3.8, 4) is 0 Å². The number of nitrogens with zero attached hydrogens (tertiary/aromatic N) is 2. The number of pyridine rings is 1. The fraction of sp³-hybridized carbons (Fsp3) is 0.158. The minimum absolute atomic E-state index is 0.0886. The molecule has 0 fully saturated rings. The molecule has 1 N–H and O–H groups in total. The Bertz CT molecular complexity index is 798. The fourth-order valence-corrected chi connectivity index (χ4v) is 2.33. The molecule has 1 amide bonds. The van der Waals surface area contributed by atoms with Crippen LogP contribution in [-0.2, 0) is 11.2 Å². The molecule has 0 atom stereocenters. The standard InChI is InChI=1S/C19H19N3O/c1-15-5-7-16(8-6-15)9-10-19(23)20-12-11-17-14-22-13-3-2-4-18(22)21-17/h2-10,13-14H,11-12H2,1H3,(H,20,23)/b10-9+. The van der Waals surface area contributed by atoms with Gasteiger partial charge in [-0.25, -0.2) is 4.98 Å². The van der Waals surface area contributed by atoms with Gasteiger partial charge in [-0.3, -0.25) is 4.79 Å². The second kappa shape index (κ2) is 6.92. The van der Waals surface area contributed by atoms with Crippen molar-refractivity contribution >= 4 is 17.6 Å². The van der Waals surface area contributed by atoms with Crippen LogP contribution in [-0.4, -0.2) is 21.8 Å². The first-order chi connectivity index (χ1) is 11.2. The number of benzene rings is 1. The summed E-state index contributed by atoms with van der Waals surface area (Å²) in [6.07, 6.45) is 8.05. The molecular formula is C19H19N3O. The van der Waals surface area contributed by atoms with Crippen LogP contribution >= 0.6 is 0 Å². The van der Waals surface area contributed by atoms with Gasteiger partial charge in [0.25, 0.3) is 0 Å². The topological polar surface area (TPSA) is 46.4 Å². The summed E-state index contributed by atoms with van der Waals surface area (Å²) in [7, 11) is 0. The van der Waals surface area contributed by atoms with Crippen LogP contribution in [0, 0.1) is 6.92 Å². The molecule has 23 heavy (non-hydrogen) atoms. The Morgan fingerprint density at radius 1 is 1.22 bits per heavy atom. The summed E-state index contributed by atoms with van der Waals surface area (Å²) < 4.78 is 1.98. The molecule has 0 saturated carbocycles. The Morgan fingerprint density at radius 2 is 2.04 bits per heavy atom. The molecule has 2 heterocycles. The van der Waals surface area contributed by atoms with Gasteiger partial charge in [0.05, 0.1) is 5.69 Å². The number of hydrogen-bond acceptors (Lipinski definition) is 2. The number of imidazole rings is 1. The number of nitrogens with one attached hydrogen (secondary N) is 1. The molecule has 1 aromatic carbocycles. The first kappa shape index (κ1) is 15.0. The van der Waals surface area contributed by atoms with Crippen molar-refractivity contribution in [3.63, 3.8) is 0 Å². The summed E-state index contributed by atoms with van der Waals surface area (Å²) in [4.78, 5) is 16.3. The van der Waals surface area contributed by atoms with Crippen molar-refractivity contribution < 1.29 is 4.79 Å². The molecule has 3 aromatic rings. The molecule has 0 unspecified atom stereocenters. The van der Waals surface area contributed by atoms with Crippen LogP contribution in [0.4, 0.5) is 0 Å². The highest BCUT2D eigenvalue weighted by molar-refractivity contribution is 5.91. The number of hydrogen-bond donors (Lipinski definition) is 1. The smallest absolute Gasteiger partial charge is 0.244 e. The number of aryl methyl sites for hydroxylation is 1. The molecule has 3 rings (SSSR count). The Balaban J connectivity index is 1.49. The van der Waals surface area contributed by atoms with Gasteiger partial charge in [0.2, 0.25) is 5.91 Å². The van der Waals surface area contributed by atoms with Crippen molar-refractivity contribution in [3.05, 3.63) is 77.8 Å². The van der Waals surface area contributed by atoms with Crippen LogP contribution in [0.2, 0.25) is 0 Å². The van der Waals surface area contributed by atoms with Gasteiger partial charge < -0.3 is 9.72 Å². The van der Waals surface area contributed by atoms with Crippen molar-refractivity contribution in [2.45, 2.75) is 13.3 Å². The average Bonchev–Trinajstić information content (AvgIpc) is 2.97. The zero-order valence-corrected chi connectivity index (χ0v) is 13.1. The van der Waals surface area contributed by atoms with Gasteiger partial charge in [-0.2, -0.15) is 0 Å². The minimum atomic E-state index is -0.0886. The normalized spacial score (nSPS) is 11.2. The van der Waals surface area contributed by atoms with Crippen LogP contribution < -0.4 is 5.32 Å². The number of fused-ring (bicyclic) bond motifs is 1. The predicted molar refractivity (Wildman–Crippen MR) is 92.1 cm³/mol. The van der Waals surface area contributed by atoms with Gasteiger partial charge in [0.1, 0.15) is 5.65 Å². The van der Waals surface area contributed by atoms with E-state index in [1.807, 2.05) is 72.3 Å². The summed E-state index contributed by atoms with van der Waals surface area (Å²) in [5.41, 5.74) is 4.12. The average molecular weight is 305 g/mol. The van der Waals surface area contributed by atoms with E-state index >= 15 is 0 Å². The highest BCUT2D eigenvalue weighted by atomic mass is 16.1.